The number of amides is 1. The Hall–Kier alpha value is -3.35. The number of carbonyl (C=O) groups is 1. The molecule has 2 aromatic carbocycles. The average Bonchev–Trinajstić information content (AvgIpc) is 2.79. The SMILES string of the molecule is CCOc1ccc(CCNC(=O)C=Cc2cc(OC)c3c(c2)OCCO3)cc1OCC. The van der Waals surface area contributed by atoms with Gasteiger partial charge in [0.05, 0.1) is 20.3 Å². The van der Waals surface area contributed by atoms with E-state index in [0.717, 1.165) is 22.6 Å². The first-order valence-corrected chi connectivity index (χ1v) is 10.5. The van der Waals surface area contributed by atoms with Gasteiger partial charge in [-0.15, -0.1) is 0 Å². The molecule has 0 bridgehead atoms. The maximum absolute atomic E-state index is 12.2. The Labute approximate surface area is 182 Å². The molecule has 7 heteroatoms. The minimum Gasteiger partial charge on any atom is -0.493 e. The van der Waals surface area contributed by atoms with Crippen molar-refractivity contribution in [3.63, 3.8) is 0 Å². The maximum atomic E-state index is 12.2. The van der Waals surface area contributed by atoms with Crippen molar-refractivity contribution in [2.45, 2.75) is 20.3 Å². The Morgan fingerprint density at radius 3 is 2.58 bits per heavy atom. The molecule has 0 fully saturated rings. The molecule has 0 radical (unpaired) electrons. The van der Waals surface area contributed by atoms with E-state index in [1.165, 1.54) is 6.08 Å². The van der Waals surface area contributed by atoms with Gasteiger partial charge in [-0.3, -0.25) is 4.79 Å². The number of nitrogens with one attached hydrogen (secondary N) is 1. The van der Waals surface area contributed by atoms with Crippen molar-refractivity contribution in [2.75, 3.05) is 40.1 Å². The molecule has 0 saturated carbocycles. The van der Waals surface area contributed by atoms with E-state index in [9.17, 15) is 4.79 Å². The van der Waals surface area contributed by atoms with Crippen LogP contribution in [-0.2, 0) is 11.2 Å². The highest BCUT2D eigenvalue weighted by Gasteiger charge is 2.17. The second-order valence-corrected chi connectivity index (χ2v) is 6.77. The molecule has 0 spiro atoms. The quantitative estimate of drug-likeness (QED) is 0.584. The lowest BCUT2D eigenvalue weighted by atomic mass is 10.1. The summed E-state index contributed by atoms with van der Waals surface area (Å²) in [4.78, 5) is 12.2. The predicted octanol–water partition coefficient (Wildman–Crippen LogP) is 3.64. The summed E-state index contributed by atoms with van der Waals surface area (Å²) in [6.07, 6.45) is 3.90. The summed E-state index contributed by atoms with van der Waals surface area (Å²) in [5.41, 5.74) is 1.86. The van der Waals surface area contributed by atoms with E-state index in [1.54, 1.807) is 13.2 Å². The minimum absolute atomic E-state index is 0.176. The number of carbonyl (C=O) groups excluding carboxylic acids is 1. The fourth-order valence-corrected chi connectivity index (χ4v) is 3.20. The molecule has 2 aromatic rings. The molecule has 1 amide bonds. The van der Waals surface area contributed by atoms with Gasteiger partial charge in [-0.25, -0.2) is 0 Å². The molecule has 3 rings (SSSR count). The van der Waals surface area contributed by atoms with Crippen LogP contribution in [0.25, 0.3) is 6.08 Å². The Kier molecular flexibility index (Phi) is 8.04. The van der Waals surface area contributed by atoms with Crippen molar-refractivity contribution >= 4 is 12.0 Å². The lowest BCUT2D eigenvalue weighted by molar-refractivity contribution is -0.116. The first kappa shape index (κ1) is 22.3. The van der Waals surface area contributed by atoms with Gasteiger partial charge in [-0.05, 0) is 61.7 Å². The second-order valence-electron chi connectivity index (χ2n) is 6.77. The maximum Gasteiger partial charge on any atom is 0.244 e. The van der Waals surface area contributed by atoms with E-state index >= 15 is 0 Å². The summed E-state index contributed by atoms with van der Waals surface area (Å²) in [5.74, 6) is 3.07. The molecule has 1 heterocycles. The van der Waals surface area contributed by atoms with Gasteiger partial charge in [0, 0.05) is 12.6 Å². The van der Waals surface area contributed by atoms with Crippen molar-refractivity contribution < 1.29 is 28.5 Å². The predicted molar refractivity (Wildman–Crippen MR) is 119 cm³/mol. The first-order valence-electron chi connectivity index (χ1n) is 10.5. The number of hydrogen-bond acceptors (Lipinski definition) is 6. The number of ether oxygens (including phenoxy) is 5. The number of methoxy groups -OCH3 is 1. The van der Waals surface area contributed by atoms with Crippen LogP contribution in [0.3, 0.4) is 0 Å². The zero-order valence-electron chi connectivity index (χ0n) is 18.2. The molecule has 0 aromatic heterocycles. The Balaban J connectivity index is 1.56. The van der Waals surface area contributed by atoms with Crippen molar-refractivity contribution in [3.8, 4) is 28.7 Å². The summed E-state index contributed by atoms with van der Waals surface area (Å²) in [6, 6.07) is 9.48. The van der Waals surface area contributed by atoms with E-state index in [-0.39, 0.29) is 5.91 Å². The first-order chi connectivity index (χ1) is 15.1. The highest BCUT2D eigenvalue weighted by Crippen LogP contribution is 2.40. The lowest BCUT2D eigenvalue weighted by Crippen LogP contribution is -2.23. The van der Waals surface area contributed by atoms with Crippen LogP contribution in [0.15, 0.2) is 36.4 Å². The van der Waals surface area contributed by atoms with E-state index in [1.807, 2.05) is 44.2 Å². The normalized spacial score (nSPS) is 12.5. The Bertz CT molecular complexity index is 907. The highest BCUT2D eigenvalue weighted by atomic mass is 16.6. The fourth-order valence-electron chi connectivity index (χ4n) is 3.20. The summed E-state index contributed by atoms with van der Waals surface area (Å²) in [6.45, 7) is 6.50. The molecule has 7 nitrogen and oxygen atoms in total. The van der Waals surface area contributed by atoms with E-state index in [0.29, 0.717) is 56.6 Å². The van der Waals surface area contributed by atoms with Gasteiger partial charge in [0.15, 0.2) is 23.0 Å². The summed E-state index contributed by atoms with van der Waals surface area (Å²) in [7, 11) is 1.58. The van der Waals surface area contributed by atoms with Crippen molar-refractivity contribution in [3.05, 3.63) is 47.5 Å². The van der Waals surface area contributed by atoms with Crippen LogP contribution in [0.2, 0.25) is 0 Å². The standard InChI is InChI=1S/C24H29NO6/c1-4-28-19-8-6-17(14-20(19)29-5-2)10-11-25-23(26)9-7-18-15-21(27-3)24-22(16-18)30-12-13-31-24/h6-9,14-16H,4-5,10-13H2,1-3H3,(H,25,26). The summed E-state index contributed by atoms with van der Waals surface area (Å²) >= 11 is 0. The molecule has 1 aliphatic heterocycles. The van der Waals surface area contributed by atoms with E-state index < -0.39 is 0 Å². The third-order valence-corrected chi connectivity index (χ3v) is 4.60. The Morgan fingerprint density at radius 2 is 1.81 bits per heavy atom. The number of fused-ring (bicyclic) bond motifs is 1. The van der Waals surface area contributed by atoms with Crippen molar-refractivity contribution in [1.82, 2.24) is 5.32 Å². The van der Waals surface area contributed by atoms with E-state index in [4.69, 9.17) is 23.7 Å². The topological polar surface area (TPSA) is 75.3 Å². The molecular weight excluding hydrogens is 398 g/mol. The molecule has 0 aliphatic carbocycles. The highest BCUT2D eigenvalue weighted by molar-refractivity contribution is 5.91. The van der Waals surface area contributed by atoms with Crippen LogP contribution < -0.4 is 29.0 Å². The van der Waals surface area contributed by atoms with Gasteiger partial charge < -0.3 is 29.0 Å². The van der Waals surface area contributed by atoms with Gasteiger partial charge >= 0.3 is 0 Å². The molecule has 166 valence electrons. The molecule has 1 aliphatic rings. The number of benzene rings is 2. The second kappa shape index (κ2) is 11.2. The van der Waals surface area contributed by atoms with E-state index in [2.05, 4.69) is 5.32 Å². The number of rotatable bonds is 10. The third kappa shape index (κ3) is 6.07. The zero-order valence-corrected chi connectivity index (χ0v) is 18.2. The average molecular weight is 427 g/mol. The van der Waals surface area contributed by atoms with Gasteiger partial charge in [0.2, 0.25) is 11.7 Å². The number of hydrogen-bond donors (Lipinski definition) is 1. The molecular formula is C24H29NO6. The molecule has 31 heavy (non-hydrogen) atoms. The summed E-state index contributed by atoms with van der Waals surface area (Å²) in [5, 5.41) is 2.90. The van der Waals surface area contributed by atoms with Crippen LogP contribution in [0.4, 0.5) is 0 Å². The van der Waals surface area contributed by atoms with Gasteiger partial charge in [-0.2, -0.15) is 0 Å². The smallest absolute Gasteiger partial charge is 0.244 e. The third-order valence-electron chi connectivity index (χ3n) is 4.60. The van der Waals surface area contributed by atoms with Gasteiger partial charge in [-0.1, -0.05) is 6.07 Å². The monoisotopic (exact) mass is 427 g/mol. The molecule has 0 atom stereocenters. The van der Waals surface area contributed by atoms with Crippen LogP contribution in [-0.4, -0.2) is 46.0 Å². The summed E-state index contributed by atoms with van der Waals surface area (Å²) < 4.78 is 27.8. The Morgan fingerprint density at radius 1 is 1.03 bits per heavy atom. The largest absolute Gasteiger partial charge is 0.493 e. The van der Waals surface area contributed by atoms with Gasteiger partial charge in [0.1, 0.15) is 13.2 Å². The zero-order chi connectivity index (χ0) is 22.1. The molecule has 0 unspecified atom stereocenters. The molecule has 1 N–H and O–H groups in total. The van der Waals surface area contributed by atoms with Crippen LogP contribution in [0.5, 0.6) is 28.7 Å². The van der Waals surface area contributed by atoms with Crippen LogP contribution in [0.1, 0.15) is 25.0 Å². The molecule has 0 saturated heterocycles. The van der Waals surface area contributed by atoms with Crippen LogP contribution in [0, 0.1) is 0 Å². The lowest BCUT2D eigenvalue weighted by Gasteiger charge is -2.20. The fraction of sp³-hybridized carbons (Fsp3) is 0.375. The van der Waals surface area contributed by atoms with Crippen LogP contribution >= 0.6 is 0 Å². The van der Waals surface area contributed by atoms with Crippen molar-refractivity contribution in [1.29, 1.82) is 0 Å². The van der Waals surface area contributed by atoms with Gasteiger partial charge in [0.25, 0.3) is 0 Å². The van der Waals surface area contributed by atoms with Crippen molar-refractivity contribution in [2.24, 2.45) is 0 Å². The minimum atomic E-state index is -0.176.